The van der Waals surface area contributed by atoms with Gasteiger partial charge in [0, 0.05) is 32.8 Å². The topological polar surface area (TPSA) is 90.2 Å². The fourth-order valence-corrected chi connectivity index (χ4v) is 2.08. The number of aromatic nitrogens is 3. The van der Waals surface area contributed by atoms with Crippen LogP contribution >= 0.6 is 0 Å². The lowest BCUT2D eigenvalue weighted by molar-refractivity contribution is 0.196. The molecule has 23 heavy (non-hydrogen) atoms. The summed E-state index contributed by atoms with van der Waals surface area (Å²) in [5.74, 6) is 0.597. The van der Waals surface area contributed by atoms with Crippen molar-refractivity contribution >= 4 is 6.03 Å². The average Bonchev–Trinajstić information content (AvgIpc) is 2.84. The van der Waals surface area contributed by atoms with Gasteiger partial charge in [0.05, 0.1) is 13.2 Å². The molecule has 8 heteroatoms. The molecule has 0 saturated carbocycles. The summed E-state index contributed by atoms with van der Waals surface area (Å²) in [5, 5.41) is 9.64. The van der Waals surface area contributed by atoms with E-state index in [0.29, 0.717) is 32.1 Å². The van der Waals surface area contributed by atoms with Crippen LogP contribution in [0.2, 0.25) is 0 Å². The SMILES string of the molecule is COCCNC(=O)NCCn1nc(-c2ccccc2)n(C)c1=O. The smallest absolute Gasteiger partial charge is 0.345 e. The van der Waals surface area contributed by atoms with Gasteiger partial charge >= 0.3 is 11.7 Å². The summed E-state index contributed by atoms with van der Waals surface area (Å²) in [6.45, 7) is 1.50. The van der Waals surface area contributed by atoms with E-state index in [-0.39, 0.29) is 11.7 Å². The normalized spacial score (nSPS) is 10.5. The van der Waals surface area contributed by atoms with E-state index >= 15 is 0 Å². The third-order valence-electron chi connectivity index (χ3n) is 3.27. The molecule has 8 nitrogen and oxygen atoms in total. The number of methoxy groups -OCH3 is 1. The summed E-state index contributed by atoms with van der Waals surface area (Å²) in [4.78, 5) is 23.7. The highest BCUT2D eigenvalue weighted by Gasteiger charge is 2.11. The van der Waals surface area contributed by atoms with Crippen LogP contribution < -0.4 is 16.3 Å². The van der Waals surface area contributed by atoms with Gasteiger partial charge in [0.15, 0.2) is 5.82 Å². The second-order valence-corrected chi connectivity index (χ2v) is 4.93. The number of carbonyl (C=O) groups excluding carboxylic acids is 1. The van der Waals surface area contributed by atoms with Crippen LogP contribution in [0.4, 0.5) is 4.79 Å². The molecule has 1 aromatic heterocycles. The predicted molar refractivity (Wildman–Crippen MR) is 86.2 cm³/mol. The molecule has 0 aliphatic rings. The third-order valence-corrected chi connectivity index (χ3v) is 3.27. The summed E-state index contributed by atoms with van der Waals surface area (Å²) in [7, 11) is 3.25. The number of hydrogen-bond donors (Lipinski definition) is 2. The first kappa shape index (κ1) is 16.8. The Hall–Kier alpha value is -2.61. The summed E-state index contributed by atoms with van der Waals surface area (Å²) < 4.78 is 7.68. The highest BCUT2D eigenvalue weighted by molar-refractivity contribution is 5.73. The number of rotatable bonds is 7. The van der Waals surface area contributed by atoms with Crippen LogP contribution in [0.15, 0.2) is 35.1 Å². The van der Waals surface area contributed by atoms with Crippen molar-refractivity contribution in [1.29, 1.82) is 0 Å². The van der Waals surface area contributed by atoms with Gasteiger partial charge in [0.2, 0.25) is 0 Å². The Kier molecular flexibility index (Phi) is 5.93. The second kappa shape index (κ2) is 8.14. The minimum Gasteiger partial charge on any atom is -0.383 e. The van der Waals surface area contributed by atoms with Crippen LogP contribution in [-0.4, -0.2) is 47.2 Å². The van der Waals surface area contributed by atoms with Gasteiger partial charge in [-0.2, -0.15) is 0 Å². The zero-order valence-corrected chi connectivity index (χ0v) is 13.3. The summed E-state index contributed by atoms with van der Waals surface area (Å²) in [6, 6.07) is 9.19. The molecule has 0 saturated heterocycles. The highest BCUT2D eigenvalue weighted by Crippen LogP contribution is 2.13. The number of carbonyl (C=O) groups is 1. The maximum atomic E-state index is 12.2. The molecular weight excluding hydrogens is 298 g/mol. The standard InChI is InChI=1S/C15H21N5O3/c1-19-13(12-6-4-3-5-7-12)18-20(15(19)22)10-8-16-14(21)17-9-11-23-2/h3-7H,8-11H2,1-2H3,(H2,16,17,21). The molecule has 2 aromatic rings. The number of urea groups is 1. The Morgan fingerprint density at radius 3 is 2.61 bits per heavy atom. The Morgan fingerprint density at radius 1 is 1.22 bits per heavy atom. The molecule has 124 valence electrons. The first-order valence-electron chi connectivity index (χ1n) is 7.33. The lowest BCUT2D eigenvalue weighted by atomic mass is 10.2. The van der Waals surface area contributed by atoms with Crippen molar-refractivity contribution in [2.45, 2.75) is 6.54 Å². The predicted octanol–water partition coefficient (Wildman–Crippen LogP) is 0.194. The minimum atomic E-state index is -0.297. The van der Waals surface area contributed by atoms with E-state index in [2.05, 4.69) is 15.7 Å². The van der Waals surface area contributed by atoms with Gasteiger partial charge in [-0.05, 0) is 0 Å². The molecule has 0 unspecified atom stereocenters. The van der Waals surface area contributed by atoms with Crippen molar-refractivity contribution in [2.75, 3.05) is 26.8 Å². The molecule has 1 heterocycles. The Bertz CT molecular complexity index is 693. The molecule has 0 aliphatic heterocycles. The van der Waals surface area contributed by atoms with Gasteiger partial charge in [-0.3, -0.25) is 4.57 Å². The Morgan fingerprint density at radius 2 is 1.91 bits per heavy atom. The molecular formula is C15H21N5O3. The Balaban J connectivity index is 1.94. The van der Waals surface area contributed by atoms with Gasteiger partial charge < -0.3 is 15.4 Å². The largest absolute Gasteiger partial charge is 0.383 e. The maximum absolute atomic E-state index is 12.2. The lowest BCUT2D eigenvalue weighted by Crippen LogP contribution is -2.39. The highest BCUT2D eigenvalue weighted by atomic mass is 16.5. The molecule has 0 fully saturated rings. The molecule has 0 atom stereocenters. The van der Waals surface area contributed by atoms with Crippen molar-refractivity contribution in [3.63, 3.8) is 0 Å². The third kappa shape index (κ3) is 4.43. The Labute approximate surface area is 134 Å². The summed E-state index contributed by atoms with van der Waals surface area (Å²) >= 11 is 0. The maximum Gasteiger partial charge on any atom is 0.345 e. The molecule has 0 bridgehead atoms. The van der Waals surface area contributed by atoms with Gasteiger partial charge in [0.25, 0.3) is 0 Å². The van der Waals surface area contributed by atoms with E-state index in [1.165, 1.54) is 9.25 Å². The fourth-order valence-electron chi connectivity index (χ4n) is 2.08. The second-order valence-electron chi connectivity index (χ2n) is 4.93. The van der Waals surface area contributed by atoms with E-state index in [9.17, 15) is 9.59 Å². The van der Waals surface area contributed by atoms with Gasteiger partial charge in [0.1, 0.15) is 0 Å². The first-order chi connectivity index (χ1) is 11.1. The molecule has 0 spiro atoms. The van der Waals surface area contributed by atoms with Crippen molar-refractivity contribution in [3.05, 3.63) is 40.8 Å². The number of ether oxygens (including phenoxy) is 1. The molecule has 0 radical (unpaired) electrons. The van der Waals surface area contributed by atoms with E-state index in [1.807, 2.05) is 30.3 Å². The zero-order chi connectivity index (χ0) is 16.7. The van der Waals surface area contributed by atoms with Crippen LogP contribution in [0.3, 0.4) is 0 Å². The van der Waals surface area contributed by atoms with Crippen molar-refractivity contribution in [2.24, 2.45) is 7.05 Å². The van der Waals surface area contributed by atoms with Crippen LogP contribution in [0, 0.1) is 0 Å². The number of nitrogens with one attached hydrogen (secondary N) is 2. The molecule has 1 aromatic carbocycles. The van der Waals surface area contributed by atoms with Gasteiger partial charge in [-0.25, -0.2) is 14.3 Å². The van der Waals surface area contributed by atoms with E-state index in [0.717, 1.165) is 5.56 Å². The molecule has 0 aliphatic carbocycles. The van der Waals surface area contributed by atoms with Crippen molar-refractivity contribution in [3.8, 4) is 11.4 Å². The van der Waals surface area contributed by atoms with Crippen LogP contribution in [0.1, 0.15) is 0 Å². The van der Waals surface area contributed by atoms with Crippen molar-refractivity contribution < 1.29 is 9.53 Å². The number of benzene rings is 1. The average molecular weight is 319 g/mol. The molecule has 2 rings (SSSR count). The van der Waals surface area contributed by atoms with E-state index < -0.39 is 0 Å². The van der Waals surface area contributed by atoms with E-state index in [4.69, 9.17) is 4.74 Å². The van der Waals surface area contributed by atoms with Crippen LogP contribution in [0.5, 0.6) is 0 Å². The van der Waals surface area contributed by atoms with Crippen molar-refractivity contribution in [1.82, 2.24) is 25.0 Å². The number of amides is 2. The van der Waals surface area contributed by atoms with Gasteiger partial charge in [-0.1, -0.05) is 30.3 Å². The van der Waals surface area contributed by atoms with Crippen LogP contribution in [0.25, 0.3) is 11.4 Å². The number of hydrogen-bond acceptors (Lipinski definition) is 4. The lowest BCUT2D eigenvalue weighted by Gasteiger charge is -2.06. The quantitative estimate of drug-likeness (QED) is 0.713. The van der Waals surface area contributed by atoms with Crippen LogP contribution in [-0.2, 0) is 18.3 Å². The van der Waals surface area contributed by atoms with E-state index in [1.54, 1.807) is 14.2 Å². The summed E-state index contributed by atoms with van der Waals surface area (Å²) in [5.41, 5.74) is 0.654. The van der Waals surface area contributed by atoms with Gasteiger partial charge in [-0.15, -0.1) is 5.10 Å². The minimum absolute atomic E-state index is 0.217. The number of nitrogens with zero attached hydrogens (tertiary/aromatic N) is 3. The monoisotopic (exact) mass is 319 g/mol. The molecule has 2 N–H and O–H groups in total. The fraction of sp³-hybridized carbons (Fsp3) is 0.400. The first-order valence-corrected chi connectivity index (χ1v) is 7.33. The zero-order valence-electron chi connectivity index (χ0n) is 13.3. The molecule has 2 amide bonds. The summed E-state index contributed by atoms with van der Waals surface area (Å²) in [6.07, 6.45) is 0.